The van der Waals surface area contributed by atoms with Crippen LogP contribution < -0.4 is 10.1 Å². The highest BCUT2D eigenvalue weighted by Crippen LogP contribution is 2.41. The van der Waals surface area contributed by atoms with Gasteiger partial charge in [0.2, 0.25) is 11.8 Å². The molecule has 0 spiro atoms. The summed E-state index contributed by atoms with van der Waals surface area (Å²) < 4.78 is 11.1. The van der Waals surface area contributed by atoms with Gasteiger partial charge in [-0.1, -0.05) is 60.3 Å². The molecule has 1 heterocycles. The lowest BCUT2D eigenvalue weighted by atomic mass is 10.1. The number of benzene rings is 4. The number of methoxy groups -OCH3 is 1. The molecular weight excluding hydrogens is 472 g/mol. The van der Waals surface area contributed by atoms with Crippen LogP contribution in [-0.2, 0) is 0 Å². The summed E-state index contributed by atoms with van der Waals surface area (Å²) in [6.45, 7) is 0. The summed E-state index contributed by atoms with van der Waals surface area (Å²) in [6, 6.07) is 29.8. The van der Waals surface area contributed by atoms with Gasteiger partial charge in [-0.3, -0.25) is 10.1 Å². The SMILES string of the molecule is COc1ccc(-c2ccc(Sc3ccccc3-c3ncc(NC(=O)c4ccccc4)o3)c(O)c2)cc1. The van der Waals surface area contributed by atoms with Crippen molar-refractivity contribution in [3.8, 4) is 34.1 Å². The van der Waals surface area contributed by atoms with E-state index in [2.05, 4.69) is 10.3 Å². The molecule has 1 aromatic heterocycles. The zero-order valence-electron chi connectivity index (χ0n) is 19.3. The number of ether oxygens (including phenoxy) is 1. The fraction of sp³-hybridized carbons (Fsp3) is 0.0345. The predicted molar refractivity (Wildman–Crippen MR) is 141 cm³/mol. The van der Waals surface area contributed by atoms with Gasteiger partial charge in [0.05, 0.1) is 23.8 Å². The Hall–Kier alpha value is -4.49. The van der Waals surface area contributed by atoms with Crippen molar-refractivity contribution in [1.29, 1.82) is 0 Å². The summed E-state index contributed by atoms with van der Waals surface area (Å²) in [5.74, 6) is 1.30. The van der Waals surface area contributed by atoms with Gasteiger partial charge in [0.25, 0.3) is 5.91 Å². The Morgan fingerprint density at radius 2 is 1.61 bits per heavy atom. The number of phenols is 1. The molecule has 0 bridgehead atoms. The number of anilines is 1. The molecule has 0 fully saturated rings. The van der Waals surface area contributed by atoms with Crippen molar-refractivity contribution in [3.05, 3.63) is 109 Å². The van der Waals surface area contributed by atoms with Crippen LogP contribution in [-0.4, -0.2) is 23.1 Å². The van der Waals surface area contributed by atoms with Crippen molar-refractivity contribution in [2.45, 2.75) is 9.79 Å². The van der Waals surface area contributed by atoms with E-state index < -0.39 is 0 Å². The molecule has 7 heteroatoms. The first kappa shape index (κ1) is 23.3. The van der Waals surface area contributed by atoms with Crippen molar-refractivity contribution >= 4 is 23.6 Å². The Labute approximate surface area is 212 Å². The minimum absolute atomic E-state index is 0.173. The van der Waals surface area contributed by atoms with Gasteiger partial charge in [0, 0.05) is 10.5 Å². The first-order valence-electron chi connectivity index (χ1n) is 11.2. The molecule has 0 atom stereocenters. The number of carbonyl (C=O) groups is 1. The fourth-order valence-corrected chi connectivity index (χ4v) is 4.60. The van der Waals surface area contributed by atoms with Gasteiger partial charge in [-0.25, -0.2) is 4.98 Å². The molecule has 0 aliphatic heterocycles. The smallest absolute Gasteiger partial charge is 0.258 e. The number of carbonyl (C=O) groups excluding carboxylic acids is 1. The van der Waals surface area contributed by atoms with E-state index in [4.69, 9.17) is 9.15 Å². The summed E-state index contributed by atoms with van der Waals surface area (Å²) >= 11 is 1.41. The van der Waals surface area contributed by atoms with E-state index in [-0.39, 0.29) is 17.5 Å². The lowest BCUT2D eigenvalue weighted by Gasteiger charge is -2.10. The molecule has 4 aromatic carbocycles. The number of hydrogen-bond donors (Lipinski definition) is 2. The lowest BCUT2D eigenvalue weighted by molar-refractivity contribution is 0.102. The van der Waals surface area contributed by atoms with Gasteiger partial charge in [0.15, 0.2) is 0 Å². The number of nitrogens with zero attached hydrogens (tertiary/aromatic N) is 1. The lowest BCUT2D eigenvalue weighted by Crippen LogP contribution is -2.10. The molecule has 178 valence electrons. The largest absolute Gasteiger partial charge is 0.507 e. The van der Waals surface area contributed by atoms with Crippen LogP contribution in [0, 0.1) is 0 Å². The molecule has 0 saturated heterocycles. The molecule has 1 amide bonds. The number of hydrogen-bond acceptors (Lipinski definition) is 6. The topological polar surface area (TPSA) is 84.6 Å². The van der Waals surface area contributed by atoms with E-state index in [1.165, 1.54) is 18.0 Å². The molecule has 36 heavy (non-hydrogen) atoms. The van der Waals surface area contributed by atoms with Crippen LogP contribution >= 0.6 is 11.8 Å². The Morgan fingerprint density at radius 3 is 2.36 bits per heavy atom. The van der Waals surface area contributed by atoms with E-state index in [0.717, 1.165) is 27.3 Å². The monoisotopic (exact) mass is 494 g/mol. The van der Waals surface area contributed by atoms with Crippen LogP contribution in [0.4, 0.5) is 5.88 Å². The second kappa shape index (κ2) is 10.4. The zero-order chi connectivity index (χ0) is 24.9. The third-order valence-corrected chi connectivity index (χ3v) is 6.64. The number of aromatic nitrogens is 1. The molecule has 0 radical (unpaired) electrons. The van der Waals surface area contributed by atoms with Gasteiger partial charge in [0.1, 0.15) is 11.5 Å². The van der Waals surface area contributed by atoms with Crippen LogP contribution in [0.3, 0.4) is 0 Å². The summed E-state index contributed by atoms with van der Waals surface area (Å²) in [5.41, 5.74) is 3.16. The molecule has 2 N–H and O–H groups in total. The molecule has 5 aromatic rings. The van der Waals surface area contributed by atoms with Gasteiger partial charge in [-0.05, 0) is 59.7 Å². The van der Waals surface area contributed by atoms with Gasteiger partial charge >= 0.3 is 0 Å². The van der Waals surface area contributed by atoms with Crippen molar-refractivity contribution in [1.82, 2.24) is 4.98 Å². The summed E-state index contributed by atoms with van der Waals surface area (Å²) in [4.78, 5) is 18.3. The Bertz CT molecular complexity index is 1500. The maximum absolute atomic E-state index is 12.4. The average molecular weight is 495 g/mol. The van der Waals surface area contributed by atoms with Gasteiger partial charge in [-0.15, -0.1) is 0 Å². The summed E-state index contributed by atoms with van der Waals surface area (Å²) in [5, 5.41) is 13.5. The van der Waals surface area contributed by atoms with Crippen LogP contribution in [0.1, 0.15) is 10.4 Å². The first-order chi connectivity index (χ1) is 17.6. The van der Waals surface area contributed by atoms with Crippen molar-refractivity contribution in [2.24, 2.45) is 0 Å². The van der Waals surface area contributed by atoms with E-state index in [1.54, 1.807) is 37.4 Å². The Kier molecular flexibility index (Phi) is 6.73. The minimum atomic E-state index is -0.275. The normalized spacial score (nSPS) is 10.7. The maximum atomic E-state index is 12.4. The van der Waals surface area contributed by atoms with Crippen molar-refractivity contribution in [2.75, 3.05) is 12.4 Å². The Morgan fingerprint density at radius 1 is 0.889 bits per heavy atom. The zero-order valence-corrected chi connectivity index (χ0v) is 20.2. The number of phenolic OH excluding ortho intramolecular Hbond substituents is 1. The molecule has 0 aliphatic carbocycles. The fourth-order valence-electron chi connectivity index (χ4n) is 3.65. The van der Waals surface area contributed by atoms with Crippen LogP contribution in [0.15, 0.2) is 117 Å². The van der Waals surface area contributed by atoms with E-state index in [1.807, 2.05) is 66.7 Å². The van der Waals surface area contributed by atoms with Crippen molar-refractivity contribution in [3.63, 3.8) is 0 Å². The van der Waals surface area contributed by atoms with Crippen LogP contribution in [0.25, 0.3) is 22.6 Å². The standard InChI is InChI=1S/C29H22N2O4S/c1-34-22-14-11-19(12-15-22)21-13-16-26(24(32)17-21)36-25-10-6-5-9-23(25)29-30-18-27(35-29)31-28(33)20-7-3-2-4-8-20/h2-18,32H,1H3,(H,31,33). The van der Waals surface area contributed by atoms with E-state index in [0.29, 0.717) is 16.3 Å². The highest BCUT2D eigenvalue weighted by atomic mass is 32.2. The number of amides is 1. The minimum Gasteiger partial charge on any atom is -0.507 e. The second-order valence-corrected chi connectivity index (χ2v) is 8.94. The second-order valence-electron chi connectivity index (χ2n) is 7.86. The van der Waals surface area contributed by atoms with E-state index >= 15 is 0 Å². The maximum Gasteiger partial charge on any atom is 0.258 e. The Balaban J connectivity index is 1.35. The van der Waals surface area contributed by atoms with Crippen LogP contribution in [0.2, 0.25) is 0 Å². The summed E-state index contributed by atoms with van der Waals surface area (Å²) in [7, 11) is 1.63. The van der Waals surface area contributed by atoms with Crippen molar-refractivity contribution < 1.29 is 19.1 Å². The number of aromatic hydroxyl groups is 1. The highest BCUT2D eigenvalue weighted by molar-refractivity contribution is 7.99. The van der Waals surface area contributed by atoms with Gasteiger partial charge in [-0.2, -0.15) is 0 Å². The molecule has 0 unspecified atom stereocenters. The number of rotatable bonds is 7. The predicted octanol–water partition coefficient (Wildman–Crippen LogP) is 7.13. The van der Waals surface area contributed by atoms with Gasteiger partial charge < -0.3 is 14.3 Å². The van der Waals surface area contributed by atoms with Crippen LogP contribution in [0.5, 0.6) is 11.5 Å². The molecular formula is C29H22N2O4S. The molecule has 0 aliphatic rings. The van der Waals surface area contributed by atoms with E-state index in [9.17, 15) is 9.90 Å². The quantitative estimate of drug-likeness (QED) is 0.250. The highest BCUT2D eigenvalue weighted by Gasteiger charge is 2.16. The molecule has 5 rings (SSSR count). The molecule has 0 saturated carbocycles. The molecule has 6 nitrogen and oxygen atoms in total. The number of nitrogens with one attached hydrogen (secondary N) is 1. The number of oxazole rings is 1. The average Bonchev–Trinajstić information content (AvgIpc) is 3.39. The first-order valence-corrected chi connectivity index (χ1v) is 12.0. The third-order valence-electron chi connectivity index (χ3n) is 5.50. The summed E-state index contributed by atoms with van der Waals surface area (Å²) in [6.07, 6.45) is 1.48. The third kappa shape index (κ3) is 5.11.